The number of H-pyrrole nitrogens is 1. The maximum atomic E-state index is 5.93. The lowest BCUT2D eigenvalue weighted by molar-refractivity contribution is 0.773. The molecule has 2 aromatic heterocycles. The van der Waals surface area contributed by atoms with Crippen LogP contribution in [0.3, 0.4) is 0 Å². The zero-order valence-corrected chi connectivity index (χ0v) is 10.4. The van der Waals surface area contributed by atoms with Crippen molar-refractivity contribution in [2.45, 2.75) is 26.3 Å². The Balaban J connectivity index is 2.10. The van der Waals surface area contributed by atoms with Gasteiger partial charge in [0.15, 0.2) is 0 Å². The first-order valence-corrected chi connectivity index (χ1v) is 5.65. The number of halogens is 1. The van der Waals surface area contributed by atoms with Crippen LogP contribution in [0.1, 0.15) is 31.4 Å². The van der Waals surface area contributed by atoms with Gasteiger partial charge in [0.25, 0.3) is 0 Å². The summed E-state index contributed by atoms with van der Waals surface area (Å²) in [6, 6.07) is 1.68. The van der Waals surface area contributed by atoms with E-state index in [1.807, 2.05) is 13.8 Å². The molecular formula is C10H13ClN6. The lowest BCUT2D eigenvalue weighted by Gasteiger charge is -2.08. The highest BCUT2D eigenvalue weighted by molar-refractivity contribution is 6.29. The van der Waals surface area contributed by atoms with Gasteiger partial charge < -0.3 is 5.32 Å². The summed E-state index contributed by atoms with van der Waals surface area (Å²) in [5, 5.41) is 10.1. The summed E-state index contributed by atoms with van der Waals surface area (Å²) in [5.41, 5.74) is 0. The van der Waals surface area contributed by atoms with Gasteiger partial charge in [0.1, 0.15) is 28.9 Å². The first-order chi connectivity index (χ1) is 8.15. The van der Waals surface area contributed by atoms with E-state index in [1.165, 1.54) is 6.33 Å². The SMILES string of the molecule is CC(C)c1nc(Cl)cc(NCc2ncn[nH]2)n1. The predicted octanol–water partition coefficient (Wildman–Crippen LogP) is 1.98. The number of hydrogen-bond donors (Lipinski definition) is 2. The largest absolute Gasteiger partial charge is 0.363 e. The summed E-state index contributed by atoms with van der Waals surface area (Å²) in [5.74, 6) is 2.38. The van der Waals surface area contributed by atoms with Crippen molar-refractivity contribution in [3.05, 3.63) is 29.2 Å². The average Bonchev–Trinajstić information content (AvgIpc) is 2.78. The standard InChI is InChI=1S/C10H13ClN6/c1-6(2)10-15-7(11)3-8(16-10)12-4-9-13-5-14-17-9/h3,5-6H,4H2,1-2H3,(H,12,15,16)(H,13,14,17). The van der Waals surface area contributed by atoms with Crippen LogP contribution in [-0.4, -0.2) is 25.1 Å². The van der Waals surface area contributed by atoms with Crippen molar-refractivity contribution >= 4 is 17.4 Å². The van der Waals surface area contributed by atoms with Crippen LogP contribution >= 0.6 is 11.6 Å². The molecule has 0 amide bonds. The molecule has 0 aliphatic heterocycles. The number of rotatable bonds is 4. The Morgan fingerprint density at radius 2 is 2.24 bits per heavy atom. The Morgan fingerprint density at radius 3 is 2.88 bits per heavy atom. The van der Waals surface area contributed by atoms with E-state index in [9.17, 15) is 0 Å². The third-order valence-electron chi connectivity index (χ3n) is 2.13. The second-order valence-electron chi connectivity index (χ2n) is 3.87. The van der Waals surface area contributed by atoms with Crippen molar-refractivity contribution in [3.8, 4) is 0 Å². The van der Waals surface area contributed by atoms with E-state index < -0.39 is 0 Å². The van der Waals surface area contributed by atoms with E-state index in [2.05, 4.69) is 30.5 Å². The van der Waals surface area contributed by atoms with Gasteiger partial charge in [-0.05, 0) is 0 Å². The third-order valence-corrected chi connectivity index (χ3v) is 2.32. The summed E-state index contributed by atoms with van der Waals surface area (Å²) < 4.78 is 0. The number of anilines is 1. The van der Waals surface area contributed by atoms with Crippen molar-refractivity contribution < 1.29 is 0 Å². The molecule has 0 saturated heterocycles. The van der Waals surface area contributed by atoms with Crippen LogP contribution in [0.25, 0.3) is 0 Å². The molecule has 0 aromatic carbocycles. The predicted molar refractivity (Wildman–Crippen MR) is 64.8 cm³/mol. The molecule has 17 heavy (non-hydrogen) atoms. The second kappa shape index (κ2) is 5.09. The zero-order valence-electron chi connectivity index (χ0n) is 9.61. The number of nitrogens with zero attached hydrogens (tertiary/aromatic N) is 4. The molecule has 0 unspecified atom stereocenters. The van der Waals surface area contributed by atoms with Crippen molar-refractivity contribution in [1.29, 1.82) is 0 Å². The minimum absolute atomic E-state index is 0.236. The van der Waals surface area contributed by atoms with Crippen LogP contribution in [0.2, 0.25) is 5.15 Å². The lowest BCUT2D eigenvalue weighted by Crippen LogP contribution is -2.06. The average molecular weight is 253 g/mol. The van der Waals surface area contributed by atoms with Crippen molar-refractivity contribution in [3.63, 3.8) is 0 Å². The zero-order chi connectivity index (χ0) is 12.3. The van der Waals surface area contributed by atoms with Gasteiger partial charge in [-0.2, -0.15) is 5.10 Å². The van der Waals surface area contributed by atoms with Gasteiger partial charge in [0.2, 0.25) is 0 Å². The van der Waals surface area contributed by atoms with E-state index in [0.717, 1.165) is 11.6 Å². The van der Waals surface area contributed by atoms with E-state index in [0.29, 0.717) is 17.5 Å². The van der Waals surface area contributed by atoms with Crippen molar-refractivity contribution in [1.82, 2.24) is 25.1 Å². The van der Waals surface area contributed by atoms with Gasteiger partial charge in [-0.3, -0.25) is 5.10 Å². The van der Waals surface area contributed by atoms with E-state index in [1.54, 1.807) is 6.07 Å². The molecule has 6 nitrogen and oxygen atoms in total. The van der Waals surface area contributed by atoms with Crippen molar-refractivity contribution in [2.75, 3.05) is 5.32 Å². The third kappa shape index (κ3) is 3.13. The highest BCUT2D eigenvalue weighted by Gasteiger charge is 2.07. The fraction of sp³-hybridized carbons (Fsp3) is 0.400. The molecule has 2 heterocycles. The molecule has 0 saturated carbocycles. The fourth-order valence-corrected chi connectivity index (χ4v) is 1.46. The summed E-state index contributed by atoms with van der Waals surface area (Å²) in [6.07, 6.45) is 1.46. The monoisotopic (exact) mass is 252 g/mol. The lowest BCUT2D eigenvalue weighted by atomic mass is 10.2. The van der Waals surface area contributed by atoms with Gasteiger partial charge in [-0.1, -0.05) is 25.4 Å². The minimum atomic E-state index is 0.236. The molecule has 0 fully saturated rings. The maximum Gasteiger partial charge on any atom is 0.143 e. The molecule has 2 rings (SSSR count). The van der Waals surface area contributed by atoms with Crippen LogP contribution in [-0.2, 0) is 6.54 Å². The normalized spacial score (nSPS) is 10.8. The molecule has 0 radical (unpaired) electrons. The van der Waals surface area contributed by atoms with Crippen LogP contribution < -0.4 is 5.32 Å². The molecule has 0 bridgehead atoms. The Hall–Kier alpha value is -1.69. The van der Waals surface area contributed by atoms with E-state index >= 15 is 0 Å². The summed E-state index contributed by atoms with van der Waals surface area (Å²) in [7, 11) is 0. The fourth-order valence-electron chi connectivity index (χ4n) is 1.27. The number of nitrogens with one attached hydrogen (secondary N) is 2. The van der Waals surface area contributed by atoms with Gasteiger partial charge in [-0.25, -0.2) is 15.0 Å². The summed E-state index contributed by atoms with van der Waals surface area (Å²) in [4.78, 5) is 12.5. The molecule has 2 aromatic rings. The van der Waals surface area contributed by atoms with E-state index in [4.69, 9.17) is 11.6 Å². The maximum absolute atomic E-state index is 5.93. The quantitative estimate of drug-likeness (QED) is 0.814. The number of aromatic nitrogens is 5. The highest BCUT2D eigenvalue weighted by Crippen LogP contribution is 2.17. The molecule has 0 atom stereocenters. The number of hydrogen-bond acceptors (Lipinski definition) is 5. The topological polar surface area (TPSA) is 79.4 Å². The Bertz CT molecular complexity index is 482. The van der Waals surface area contributed by atoms with Crippen LogP contribution in [0.4, 0.5) is 5.82 Å². The Morgan fingerprint density at radius 1 is 1.41 bits per heavy atom. The van der Waals surface area contributed by atoms with Crippen molar-refractivity contribution in [2.24, 2.45) is 0 Å². The Labute approximate surface area is 104 Å². The number of aromatic amines is 1. The van der Waals surface area contributed by atoms with Gasteiger partial charge in [-0.15, -0.1) is 0 Å². The first kappa shape index (κ1) is 11.8. The van der Waals surface area contributed by atoms with Crippen LogP contribution in [0.15, 0.2) is 12.4 Å². The van der Waals surface area contributed by atoms with Gasteiger partial charge in [0, 0.05) is 12.0 Å². The highest BCUT2D eigenvalue weighted by atomic mass is 35.5. The van der Waals surface area contributed by atoms with Gasteiger partial charge in [0.05, 0.1) is 6.54 Å². The summed E-state index contributed by atoms with van der Waals surface area (Å²) in [6.45, 7) is 4.56. The minimum Gasteiger partial charge on any atom is -0.363 e. The van der Waals surface area contributed by atoms with E-state index in [-0.39, 0.29) is 5.92 Å². The molecule has 0 aliphatic carbocycles. The van der Waals surface area contributed by atoms with Crippen LogP contribution in [0.5, 0.6) is 0 Å². The smallest absolute Gasteiger partial charge is 0.143 e. The molecule has 7 heteroatoms. The Kier molecular flexibility index (Phi) is 3.53. The molecular weight excluding hydrogens is 240 g/mol. The summed E-state index contributed by atoms with van der Waals surface area (Å²) >= 11 is 5.93. The molecule has 0 spiro atoms. The van der Waals surface area contributed by atoms with Gasteiger partial charge >= 0.3 is 0 Å². The second-order valence-corrected chi connectivity index (χ2v) is 4.26. The molecule has 0 aliphatic rings. The molecule has 2 N–H and O–H groups in total. The van der Waals surface area contributed by atoms with Crippen LogP contribution in [0, 0.1) is 0 Å². The molecule has 90 valence electrons. The first-order valence-electron chi connectivity index (χ1n) is 5.27.